The SMILES string of the molecule is C=C(NNC(=Nc1ccccc1)c1cccc[nH+]1)c1ccc(OC)cc1. The van der Waals surface area contributed by atoms with Crippen LogP contribution in [0.5, 0.6) is 5.75 Å². The Bertz CT molecular complexity index is 875. The van der Waals surface area contributed by atoms with Crippen LogP contribution >= 0.6 is 0 Å². The lowest BCUT2D eigenvalue weighted by Gasteiger charge is -2.13. The summed E-state index contributed by atoms with van der Waals surface area (Å²) in [4.78, 5) is 7.86. The molecular weight excluding hydrogens is 324 g/mol. The van der Waals surface area contributed by atoms with E-state index in [1.165, 1.54) is 0 Å². The molecule has 0 radical (unpaired) electrons. The Labute approximate surface area is 153 Å². The van der Waals surface area contributed by atoms with Gasteiger partial charge in [-0.1, -0.05) is 24.8 Å². The van der Waals surface area contributed by atoms with Crippen molar-refractivity contribution in [3.63, 3.8) is 0 Å². The maximum atomic E-state index is 5.18. The number of amidine groups is 1. The summed E-state index contributed by atoms with van der Waals surface area (Å²) in [6.07, 6.45) is 1.86. The third-order valence-electron chi connectivity index (χ3n) is 3.73. The molecule has 0 atom stereocenters. The van der Waals surface area contributed by atoms with Gasteiger partial charge in [0.05, 0.1) is 18.5 Å². The van der Waals surface area contributed by atoms with Crippen molar-refractivity contribution < 1.29 is 9.72 Å². The Kier molecular flexibility index (Phi) is 5.62. The molecule has 1 aromatic heterocycles. The molecule has 3 N–H and O–H groups in total. The van der Waals surface area contributed by atoms with Gasteiger partial charge in [-0.25, -0.2) is 9.98 Å². The summed E-state index contributed by atoms with van der Waals surface area (Å²) in [5, 5.41) is 0. The summed E-state index contributed by atoms with van der Waals surface area (Å²) >= 11 is 0. The molecule has 0 amide bonds. The van der Waals surface area contributed by atoms with E-state index in [1.54, 1.807) is 7.11 Å². The number of ether oxygens (including phenoxy) is 1. The quantitative estimate of drug-likeness (QED) is 0.409. The van der Waals surface area contributed by atoms with E-state index in [0.717, 1.165) is 28.4 Å². The van der Waals surface area contributed by atoms with Crippen molar-refractivity contribution in [3.8, 4) is 5.75 Å². The van der Waals surface area contributed by atoms with Gasteiger partial charge in [-0.3, -0.25) is 10.9 Å². The Morgan fingerprint density at radius 1 is 0.923 bits per heavy atom. The van der Waals surface area contributed by atoms with E-state index < -0.39 is 0 Å². The maximum absolute atomic E-state index is 5.18. The molecule has 0 fully saturated rings. The van der Waals surface area contributed by atoms with Gasteiger partial charge in [0, 0.05) is 12.1 Å². The predicted octanol–water partition coefficient (Wildman–Crippen LogP) is 3.35. The zero-order valence-corrected chi connectivity index (χ0v) is 14.6. The maximum Gasteiger partial charge on any atom is 0.248 e. The van der Waals surface area contributed by atoms with Gasteiger partial charge in [0.1, 0.15) is 5.75 Å². The Morgan fingerprint density at radius 3 is 2.31 bits per heavy atom. The molecule has 3 aromatic rings. The number of hydrazine groups is 1. The molecule has 0 saturated heterocycles. The largest absolute Gasteiger partial charge is 0.497 e. The van der Waals surface area contributed by atoms with Crippen LogP contribution < -0.4 is 20.6 Å². The summed E-state index contributed by atoms with van der Waals surface area (Å²) in [5.74, 6) is 1.46. The number of aromatic nitrogens is 1. The van der Waals surface area contributed by atoms with Gasteiger partial charge in [0.2, 0.25) is 11.5 Å². The number of benzene rings is 2. The van der Waals surface area contributed by atoms with Crippen molar-refractivity contribution in [1.29, 1.82) is 0 Å². The molecular formula is C21H21N4O+. The first kappa shape index (κ1) is 17.2. The number of aromatic amines is 1. The highest BCUT2D eigenvalue weighted by molar-refractivity contribution is 5.97. The summed E-state index contributed by atoms with van der Waals surface area (Å²) in [7, 11) is 1.65. The molecule has 0 unspecified atom stereocenters. The monoisotopic (exact) mass is 345 g/mol. The van der Waals surface area contributed by atoms with Crippen LogP contribution in [0.2, 0.25) is 0 Å². The van der Waals surface area contributed by atoms with Crippen LogP contribution in [0.1, 0.15) is 11.3 Å². The van der Waals surface area contributed by atoms with Crippen LogP contribution in [0, 0.1) is 0 Å². The first-order chi connectivity index (χ1) is 12.8. The second kappa shape index (κ2) is 8.48. The first-order valence-corrected chi connectivity index (χ1v) is 8.22. The summed E-state index contributed by atoms with van der Waals surface area (Å²) in [6, 6.07) is 23.3. The number of nitrogens with one attached hydrogen (secondary N) is 3. The number of hydrogen-bond acceptors (Lipinski definition) is 3. The van der Waals surface area contributed by atoms with Crippen LogP contribution in [0.4, 0.5) is 5.69 Å². The summed E-state index contributed by atoms with van der Waals surface area (Å²) in [5.41, 5.74) is 9.65. The standard InChI is InChI=1S/C21H20N4O/c1-16(17-11-13-19(26-2)14-12-17)24-25-21(20-10-6-7-15-22-20)23-18-8-4-3-5-9-18/h3-15,24H,1H2,2H3,(H,23,25)/p+1. The number of rotatable bonds is 6. The lowest BCUT2D eigenvalue weighted by Crippen LogP contribution is -2.39. The van der Waals surface area contributed by atoms with Gasteiger partial charge < -0.3 is 4.74 Å². The minimum absolute atomic E-state index is 0.659. The zero-order chi connectivity index (χ0) is 18.2. The van der Waals surface area contributed by atoms with Crippen molar-refractivity contribution in [2.75, 3.05) is 7.11 Å². The number of methoxy groups -OCH3 is 1. The molecule has 0 bridgehead atoms. The normalized spacial score (nSPS) is 10.9. The van der Waals surface area contributed by atoms with Gasteiger partial charge in [-0.15, -0.1) is 0 Å². The average molecular weight is 345 g/mol. The van der Waals surface area contributed by atoms with Gasteiger partial charge in [-0.05, 0) is 48.0 Å². The van der Waals surface area contributed by atoms with Crippen molar-refractivity contribution in [1.82, 2.24) is 10.9 Å². The Balaban J connectivity index is 1.77. The van der Waals surface area contributed by atoms with Crippen LogP contribution in [0.15, 0.2) is 90.6 Å². The van der Waals surface area contributed by atoms with Gasteiger partial charge in [0.25, 0.3) is 0 Å². The molecule has 5 nitrogen and oxygen atoms in total. The van der Waals surface area contributed by atoms with E-state index in [4.69, 9.17) is 4.74 Å². The predicted molar refractivity (Wildman–Crippen MR) is 104 cm³/mol. The Hall–Kier alpha value is -3.60. The number of para-hydroxylation sites is 1. The molecule has 0 aliphatic carbocycles. The highest BCUT2D eigenvalue weighted by Crippen LogP contribution is 2.15. The molecule has 26 heavy (non-hydrogen) atoms. The summed E-state index contributed by atoms with van der Waals surface area (Å²) in [6.45, 7) is 4.07. The van der Waals surface area contributed by atoms with E-state index >= 15 is 0 Å². The van der Waals surface area contributed by atoms with Crippen molar-refractivity contribution in [2.45, 2.75) is 0 Å². The van der Waals surface area contributed by atoms with Crippen molar-refractivity contribution in [3.05, 3.63) is 96.8 Å². The second-order valence-corrected chi connectivity index (χ2v) is 5.53. The molecule has 3 rings (SSSR count). The lowest BCUT2D eigenvalue weighted by molar-refractivity contribution is -0.380. The van der Waals surface area contributed by atoms with Crippen LogP contribution in [0.25, 0.3) is 5.70 Å². The highest BCUT2D eigenvalue weighted by atomic mass is 16.5. The molecule has 0 saturated carbocycles. The van der Waals surface area contributed by atoms with E-state index in [2.05, 4.69) is 27.4 Å². The summed E-state index contributed by atoms with van der Waals surface area (Å²) < 4.78 is 5.18. The van der Waals surface area contributed by atoms with Gasteiger partial charge >= 0.3 is 0 Å². The minimum Gasteiger partial charge on any atom is -0.497 e. The molecule has 2 aromatic carbocycles. The number of hydrogen-bond donors (Lipinski definition) is 2. The third kappa shape index (κ3) is 4.48. The van der Waals surface area contributed by atoms with Crippen LogP contribution in [0.3, 0.4) is 0 Å². The van der Waals surface area contributed by atoms with Crippen LogP contribution in [-0.4, -0.2) is 12.9 Å². The van der Waals surface area contributed by atoms with Gasteiger partial charge in [-0.2, -0.15) is 0 Å². The highest BCUT2D eigenvalue weighted by Gasteiger charge is 2.11. The topological polar surface area (TPSA) is 59.8 Å². The van der Waals surface area contributed by atoms with E-state index in [-0.39, 0.29) is 0 Å². The van der Waals surface area contributed by atoms with E-state index in [0.29, 0.717) is 5.84 Å². The Morgan fingerprint density at radius 2 is 1.65 bits per heavy atom. The lowest BCUT2D eigenvalue weighted by atomic mass is 10.2. The molecule has 0 aliphatic rings. The van der Waals surface area contributed by atoms with Crippen LogP contribution in [-0.2, 0) is 0 Å². The molecule has 130 valence electrons. The minimum atomic E-state index is 0.659. The smallest absolute Gasteiger partial charge is 0.248 e. The number of H-pyrrole nitrogens is 1. The van der Waals surface area contributed by atoms with E-state index in [9.17, 15) is 0 Å². The van der Waals surface area contributed by atoms with Crippen molar-refractivity contribution in [2.24, 2.45) is 4.99 Å². The number of aliphatic imine (C=N–C) groups is 1. The number of pyridine rings is 1. The molecule has 0 spiro atoms. The number of nitrogens with zero attached hydrogens (tertiary/aromatic N) is 1. The fourth-order valence-electron chi connectivity index (χ4n) is 2.33. The fraction of sp³-hybridized carbons (Fsp3) is 0.0476. The third-order valence-corrected chi connectivity index (χ3v) is 3.73. The van der Waals surface area contributed by atoms with E-state index in [1.807, 2.05) is 79.0 Å². The average Bonchev–Trinajstić information content (AvgIpc) is 2.72. The van der Waals surface area contributed by atoms with Gasteiger partial charge in [0.15, 0.2) is 6.20 Å². The fourth-order valence-corrected chi connectivity index (χ4v) is 2.33. The second-order valence-electron chi connectivity index (χ2n) is 5.53. The zero-order valence-electron chi connectivity index (χ0n) is 14.6. The first-order valence-electron chi connectivity index (χ1n) is 8.22. The molecule has 0 aliphatic heterocycles. The van der Waals surface area contributed by atoms with Crippen molar-refractivity contribution >= 4 is 17.2 Å². The molecule has 5 heteroatoms. The molecule has 1 heterocycles.